The van der Waals surface area contributed by atoms with Crippen molar-refractivity contribution in [3.05, 3.63) is 45.7 Å². The molecule has 0 aliphatic rings. The maximum atomic E-state index is 10.0. The highest BCUT2D eigenvalue weighted by atomic mass is 35.5. The predicted molar refractivity (Wildman–Crippen MR) is 73.6 cm³/mol. The van der Waals surface area contributed by atoms with E-state index in [0.717, 1.165) is 16.9 Å². The fraction of sp³-hybridized carbons (Fsp3) is 0.308. The van der Waals surface area contributed by atoms with Crippen LogP contribution in [0.2, 0.25) is 10.0 Å². The van der Waals surface area contributed by atoms with E-state index in [-0.39, 0.29) is 0 Å². The Balaban J connectivity index is 2.52. The average molecular weight is 285 g/mol. The van der Waals surface area contributed by atoms with Crippen LogP contribution in [0.1, 0.15) is 25.1 Å². The molecule has 0 spiro atoms. The molecule has 0 saturated heterocycles. The van der Waals surface area contributed by atoms with Crippen molar-refractivity contribution in [2.75, 3.05) is 0 Å². The molecule has 0 fully saturated rings. The molecule has 2 rings (SSSR count). The van der Waals surface area contributed by atoms with Gasteiger partial charge in [-0.3, -0.25) is 0 Å². The highest BCUT2D eigenvalue weighted by Gasteiger charge is 2.22. The summed E-state index contributed by atoms with van der Waals surface area (Å²) in [6.45, 7) is 5.37. The quantitative estimate of drug-likeness (QED) is 0.913. The summed E-state index contributed by atoms with van der Waals surface area (Å²) in [5.74, 6) is 0. The topological polar surface area (TPSA) is 38.1 Å². The van der Waals surface area contributed by atoms with Gasteiger partial charge < -0.3 is 5.11 Å². The zero-order valence-corrected chi connectivity index (χ0v) is 11.9. The summed E-state index contributed by atoms with van der Waals surface area (Å²) in [4.78, 5) is 0. The van der Waals surface area contributed by atoms with Crippen molar-refractivity contribution in [1.82, 2.24) is 9.78 Å². The van der Waals surface area contributed by atoms with Gasteiger partial charge >= 0.3 is 0 Å². The normalized spacial score (nSPS) is 11.9. The van der Waals surface area contributed by atoms with E-state index < -0.39 is 5.60 Å². The van der Waals surface area contributed by atoms with Crippen LogP contribution in [0, 0.1) is 6.92 Å². The van der Waals surface area contributed by atoms with Crippen LogP contribution in [0.15, 0.2) is 24.4 Å². The SMILES string of the molecule is Cc1c(C(C)(C)O)cnn1-c1ccc(Cl)c(Cl)c1. The number of halogens is 2. The Kier molecular flexibility index (Phi) is 3.41. The Morgan fingerprint density at radius 3 is 2.39 bits per heavy atom. The van der Waals surface area contributed by atoms with Crippen LogP contribution >= 0.6 is 23.2 Å². The molecule has 3 nitrogen and oxygen atoms in total. The maximum Gasteiger partial charge on any atom is 0.0873 e. The summed E-state index contributed by atoms with van der Waals surface area (Å²) in [6.07, 6.45) is 1.66. The Bertz CT molecular complexity index is 585. The molecule has 0 unspecified atom stereocenters. The molecule has 1 heterocycles. The van der Waals surface area contributed by atoms with Gasteiger partial charge in [-0.2, -0.15) is 5.10 Å². The van der Waals surface area contributed by atoms with Crippen molar-refractivity contribution < 1.29 is 5.11 Å². The number of hydrogen-bond acceptors (Lipinski definition) is 2. The van der Waals surface area contributed by atoms with Gasteiger partial charge in [0.2, 0.25) is 0 Å². The Morgan fingerprint density at radius 2 is 1.89 bits per heavy atom. The fourth-order valence-electron chi connectivity index (χ4n) is 1.89. The first-order chi connectivity index (χ1) is 8.30. The molecular formula is C13H14Cl2N2O. The summed E-state index contributed by atoms with van der Waals surface area (Å²) >= 11 is 11.9. The number of benzene rings is 1. The molecule has 0 atom stereocenters. The summed E-state index contributed by atoms with van der Waals surface area (Å²) in [7, 11) is 0. The number of rotatable bonds is 2. The first-order valence-electron chi connectivity index (χ1n) is 5.53. The Labute approximate surface area is 116 Å². The number of hydrogen-bond donors (Lipinski definition) is 1. The van der Waals surface area contributed by atoms with Crippen LogP contribution in [-0.2, 0) is 5.60 Å². The van der Waals surface area contributed by atoms with Gasteiger partial charge in [-0.1, -0.05) is 23.2 Å². The monoisotopic (exact) mass is 284 g/mol. The summed E-state index contributed by atoms with van der Waals surface area (Å²) in [5.41, 5.74) is 1.56. The van der Waals surface area contributed by atoms with Crippen LogP contribution in [0.4, 0.5) is 0 Å². The van der Waals surface area contributed by atoms with E-state index in [4.69, 9.17) is 23.2 Å². The molecule has 1 aromatic carbocycles. The van der Waals surface area contributed by atoms with Gasteiger partial charge in [-0.05, 0) is 39.0 Å². The third kappa shape index (κ3) is 2.39. The first kappa shape index (κ1) is 13.4. The Hall–Kier alpha value is -1.03. The van der Waals surface area contributed by atoms with E-state index in [9.17, 15) is 5.11 Å². The Morgan fingerprint density at radius 1 is 1.22 bits per heavy atom. The number of aromatic nitrogens is 2. The van der Waals surface area contributed by atoms with Crippen LogP contribution in [0.5, 0.6) is 0 Å². The lowest BCUT2D eigenvalue weighted by atomic mass is 10.00. The maximum absolute atomic E-state index is 10.0. The van der Waals surface area contributed by atoms with Crippen molar-refractivity contribution in [1.29, 1.82) is 0 Å². The third-order valence-electron chi connectivity index (χ3n) is 2.82. The minimum atomic E-state index is -0.918. The first-order valence-corrected chi connectivity index (χ1v) is 6.29. The van der Waals surface area contributed by atoms with Crippen LogP contribution in [0.3, 0.4) is 0 Å². The molecule has 96 valence electrons. The third-order valence-corrected chi connectivity index (χ3v) is 3.56. The molecule has 18 heavy (non-hydrogen) atoms. The van der Waals surface area contributed by atoms with E-state index in [1.165, 1.54) is 0 Å². The van der Waals surface area contributed by atoms with Crippen molar-refractivity contribution in [2.24, 2.45) is 0 Å². The van der Waals surface area contributed by atoms with E-state index in [0.29, 0.717) is 10.0 Å². The van der Waals surface area contributed by atoms with Crippen molar-refractivity contribution in [2.45, 2.75) is 26.4 Å². The van der Waals surface area contributed by atoms with Gasteiger partial charge in [-0.25, -0.2) is 4.68 Å². The molecule has 5 heteroatoms. The lowest BCUT2D eigenvalue weighted by Gasteiger charge is -2.16. The van der Waals surface area contributed by atoms with E-state index in [2.05, 4.69) is 5.10 Å². The average Bonchev–Trinajstić information content (AvgIpc) is 2.64. The van der Waals surface area contributed by atoms with Crippen LogP contribution < -0.4 is 0 Å². The van der Waals surface area contributed by atoms with Gasteiger partial charge in [-0.15, -0.1) is 0 Å². The minimum absolute atomic E-state index is 0.480. The summed E-state index contributed by atoms with van der Waals surface area (Å²) < 4.78 is 1.73. The molecule has 1 N–H and O–H groups in total. The molecule has 0 aliphatic carbocycles. The molecule has 2 aromatic rings. The van der Waals surface area contributed by atoms with E-state index in [1.54, 1.807) is 36.9 Å². The molecule has 0 radical (unpaired) electrons. The highest BCUT2D eigenvalue weighted by molar-refractivity contribution is 6.42. The summed E-state index contributed by atoms with van der Waals surface area (Å²) in [5, 5.41) is 15.3. The lowest BCUT2D eigenvalue weighted by molar-refractivity contribution is 0.0779. The molecule has 0 amide bonds. The van der Waals surface area contributed by atoms with E-state index in [1.807, 2.05) is 13.0 Å². The van der Waals surface area contributed by atoms with Crippen molar-refractivity contribution in [3.63, 3.8) is 0 Å². The largest absolute Gasteiger partial charge is 0.386 e. The van der Waals surface area contributed by atoms with Crippen molar-refractivity contribution in [3.8, 4) is 5.69 Å². The zero-order chi connectivity index (χ0) is 13.5. The minimum Gasteiger partial charge on any atom is -0.386 e. The smallest absolute Gasteiger partial charge is 0.0873 e. The van der Waals surface area contributed by atoms with Gasteiger partial charge in [0.25, 0.3) is 0 Å². The predicted octanol–water partition coefficient (Wildman–Crippen LogP) is 3.71. The summed E-state index contributed by atoms with van der Waals surface area (Å²) in [6, 6.07) is 5.31. The second-order valence-electron chi connectivity index (χ2n) is 4.71. The lowest BCUT2D eigenvalue weighted by Crippen LogP contribution is -2.16. The fourth-order valence-corrected chi connectivity index (χ4v) is 2.18. The standard InChI is InChI=1S/C13H14Cl2N2O/c1-8-10(13(2,3)18)7-16-17(8)9-4-5-11(14)12(15)6-9/h4-7,18H,1-3H3. The van der Waals surface area contributed by atoms with Gasteiger partial charge in [0.15, 0.2) is 0 Å². The molecule has 0 bridgehead atoms. The number of aliphatic hydroxyl groups is 1. The van der Waals surface area contributed by atoms with E-state index >= 15 is 0 Å². The van der Waals surface area contributed by atoms with Crippen molar-refractivity contribution >= 4 is 23.2 Å². The van der Waals surface area contributed by atoms with Crippen LogP contribution in [-0.4, -0.2) is 14.9 Å². The molecule has 0 aliphatic heterocycles. The van der Waals surface area contributed by atoms with Gasteiger partial charge in [0.1, 0.15) is 0 Å². The molecular weight excluding hydrogens is 271 g/mol. The van der Waals surface area contributed by atoms with Crippen LogP contribution in [0.25, 0.3) is 5.69 Å². The molecule has 0 saturated carbocycles. The molecule has 1 aromatic heterocycles. The highest BCUT2D eigenvalue weighted by Crippen LogP contribution is 2.28. The second kappa shape index (κ2) is 4.57. The number of nitrogens with zero attached hydrogens (tertiary/aromatic N) is 2. The zero-order valence-electron chi connectivity index (χ0n) is 10.4. The van der Waals surface area contributed by atoms with Gasteiger partial charge in [0.05, 0.1) is 27.5 Å². The van der Waals surface area contributed by atoms with Gasteiger partial charge in [0, 0.05) is 11.3 Å². The second-order valence-corrected chi connectivity index (χ2v) is 5.53.